The predicted octanol–water partition coefficient (Wildman–Crippen LogP) is 2.01. The molecule has 0 saturated heterocycles. The molecule has 1 aliphatic rings. The van der Waals surface area contributed by atoms with Gasteiger partial charge in [-0.1, -0.05) is 12.8 Å². The molecule has 5 nitrogen and oxygen atoms in total. The highest BCUT2D eigenvalue weighted by atomic mass is 32.2. The second kappa shape index (κ2) is 6.77. The van der Waals surface area contributed by atoms with Crippen molar-refractivity contribution in [3.8, 4) is 5.75 Å². The smallest absolute Gasteiger partial charge is 0.243 e. The zero-order valence-electron chi connectivity index (χ0n) is 12.5. The molecule has 1 fully saturated rings. The van der Waals surface area contributed by atoms with Crippen LogP contribution in [-0.2, 0) is 10.0 Å². The number of rotatable bonds is 5. The summed E-state index contributed by atoms with van der Waals surface area (Å²) < 4.78 is 31.9. The number of nitrogens with zero attached hydrogens (tertiary/aromatic N) is 1. The molecule has 1 aromatic carbocycles. The molecule has 2 atom stereocenters. The molecule has 1 aromatic rings. The minimum absolute atomic E-state index is 0.228. The number of ether oxygens (including phenoxy) is 1. The number of hydrogen-bond acceptors (Lipinski definition) is 4. The van der Waals surface area contributed by atoms with Crippen LogP contribution in [0.15, 0.2) is 29.2 Å². The molecule has 0 aliphatic heterocycles. The third-order valence-electron chi connectivity index (χ3n) is 3.97. The first-order valence-electron chi connectivity index (χ1n) is 7.35. The van der Waals surface area contributed by atoms with Crippen LogP contribution in [0.2, 0.25) is 0 Å². The van der Waals surface area contributed by atoms with E-state index in [1.165, 1.54) is 4.31 Å². The fourth-order valence-corrected chi connectivity index (χ4v) is 4.15. The summed E-state index contributed by atoms with van der Waals surface area (Å²) in [4.78, 5) is 0.228. The minimum Gasteiger partial charge on any atom is -0.494 e. The maximum absolute atomic E-state index is 12.6. The number of aliphatic hydroxyl groups is 1. The zero-order valence-corrected chi connectivity index (χ0v) is 13.3. The van der Waals surface area contributed by atoms with Crippen LogP contribution >= 0.6 is 0 Å². The van der Waals surface area contributed by atoms with E-state index >= 15 is 0 Å². The molecule has 1 N–H and O–H groups in total. The standard InChI is InChI=1S/C15H23NO4S/c1-3-20-12-8-10-13(11-9-12)21(18,19)16(2)14-6-4-5-7-15(14)17/h8-11,14-15,17H,3-7H2,1-2H3. The normalized spacial score (nSPS) is 23.2. The number of likely N-dealkylation sites (N-methyl/N-ethyl adjacent to an activating group) is 1. The van der Waals surface area contributed by atoms with Crippen molar-refractivity contribution in [2.75, 3.05) is 13.7 Å². The number of benzene rings is 1. The highest BCUT2D eigenvalue weighted by Gasteiger charge is 2.34. The number of sulfonamides is 1. The Morgan fingerprint density at radius 3 is 2.43 bits per heavy atom. The van der Waals surface area contributed by atoms with Gasteiger partial charge in [-0.15, -0.1) is 0 Å². The highest BCUT2D eigenvalue weighted by Crippen LogP contribution is 2.27. The van der Waals surface area contributed by atoms with Gasteiger partial charge in [-0.2, -0.15) is 4.31 Å². The summed E-state index contributed by atoms with van der Waals surface area (Å²) in [6.07, 6.45) is 2.68. The Morgan fingerprint density at radius 2 is 1.86 bits per heavy atom. The second-order valence-corrected chi connectivity index (χ2v) is 7.34. The van der Waals surface area contributed by atoms with Crippen LogP contribution < -0.4 is 4.74 Å². The van der Waals surface area contributed by atoms with E-state index in [0.717, 1.165) is 12.8 Å². The molecule has 0 aromatic heterocycles. The maximum atomic E-state index is 12.6. The molecule has 1 aliphatic carbocycles. The fourth-order valence-electron chi connectivity index (χ4n) is 2.73. The lowest BCUT2D eigenvalue weighted by Crippen LogP contribution is -2.46. The molecule has 21 heavy (non-hydrogen) atoms. The molecule has 0 spiro atoms. The number of hydrogen-bond donors (Lipinski definition) is 1. The summed E-state index contributed by atoms with van der Waals surface area (Å²) >= 11 is 0. The lowest BCUT2D eigenvalue weighted by molar-refractivity contribution is 0.0638. The average molecular weight is 313 g/mol. The summed E-state index contributed by atoms with van der Waals surface area (Å²) in [5, 5.41) is 10.0. The van der Waals surface area contributed by atoms with Gasteiger partial charge in [-0.3, -0.25) is 0 Å². The Labute approximate surface area is 126 Å². The van der Waals surface area contributed by atoms with Gasteiger partial charge >= 0.3 is 0 Å². The molecule has 2 rings (SSSR count). The molecular formula is C15H23NO4S. The van der Waals surface area contributed by atoms with E-state index in [2.05, 4.69) is 0 Å². The van der Waals surface area contributed by atoms with Crippen molar-refractivity contribution in [3.63, 3.8) is 0 Å². The third kappa shape index (κ3) is 3.56. The second-order valence-electron chi connectivity index (χ2n) is 5.34. The molecule has 0 amide bonds. The molecule has 2 unspecified atom stereocenters. The monoisotopic (exact) mass is 313 g/mol. The first-order chi connectivity index (χ1) is 9.96. The van der Waals surface area contributed by atoms with Crippen molar-refractivity contribution >= 4 is 10.0 Å². The van der Waals surface area contributed by atoms with Gasteiger partial charge < -0.3 is 9.84 Å². The van der Waals surface area contributed by atoms with Gasteiger partial charge in [0.05, 0.1) is 23.6 Å². The first-order valence-corrected chi connectivity index (χ1v) is 8.79. The molecule has 1 saturated carbocycles. The van der Waals surface area contributed by atoms with Crippen LogP contribution in [-0.4, -0.2) is 43.6 Å². The van der Waals surface area contributed by atoms with Crippen molar-refractivity contribution in [3.05, 3.63) is 24.3 Å². The van der Waals surface area contributed by atoms with E-state index in [0.29, 0.717) is 25.2 Å². The molecule has 118 valence electrons. The van der Waals surface area contributed by atoms with Gasteiger partial charge in [0, 0.05) is 7.05 Å². The molecular weight excluding hydrogens is 290 g/mol. The summed E-state index contributed by atoms with van der Waals surface area (Å²) in [6, 6.07) is 6.07. The van der Waals surface area contributed by atoms with Gasteiger partial charge in [0.25, 0.3) is 0 Å². The number of aliphatic hydroxyl groups excluding tert-OH is 1. The van der Waals surface area contributed by atoms with E-state index in [1.54, 1.807) is 31.3 Å². The van der Waals surface area contributed by atoms with E-state index in [-0.39, 0.29) is 10.9 Å². The summed E-state index contributed by atoms with van der Waals surface area (Å²) in [5.41, 5.74) is 0. The Bertz CT molecular complexity index is 556. The summed E-state index contributed by atoms with van der Waals surface area (Å²) in [5.74, 6) is 0.650. The Hall–Kier alpha value is -1.11. The molecule has 0 bridgehead atoms. The van der Waals surface area contributed by atoms with E-state index in [1.807, 2.05) is 6.92 Å². The third-order valence-corrected chi connectivity index (χ3v) is 5.87. The van der Waals surface area contributed by atoms with Crippen LogP contribution in [0, 0.1) is 0 Å². The van der Waals surface area contributed by atoms with E-state index < -0.39 is 16.1 Å². The Balaban J connectivity index is 2.19. The van der Waals surface area contributed by atoms with Crippen molar-refractivity contribution in [2.45, 2.75) is 49.6 Å². The summed E-state index contributed by atoms with van der Waals surface area (Å²) in [6.45, 7) is 2.42. The van der Waals surface area contributed by atoms with Crippen molar-refractivity contribution in [1.82, 2.24) is 4.31 Å². The van der Waals surface area contributed by atoms with E-state index in [9.17, 15) is 13.5 Å². The predicted molar refractivity (Wildman–Crippen MR) is 80.8 cm³/mol. The largest absolute Gasteiger partial charge is 0.494 e. The SMILES string of the molecule is CCOc1ccc(S(=O)(=O)N(C)C2CCCCC2O)cc1. The van der Waals surface area contributed by atoms with Gasteiger partial charge in [-0.05, 0) is 44.0 Å². The van der Waals surface area contributed by atoms with Crippen molar-refractivity contribution in [2.24, 2.45) is 0 Å². The molecule has 0 radical (unpaired) electrons. The van der Waals surface area contributed by atoms with Crippen LogP contribution in [0.5, 0.6) is 5.75 Å². The zero-order chi connectivity index (χ0) is 15.5. The van der Waals surface area contributed by atoms with Crippen LogP contribution in [0.3, 0.4) is 0 Å². The highest BCUT2D eigenvalue weighted by molar-refractivity contribution is 7.89. The molecule has 0 heterocycles. The molecule has 6 heteroatoms. The van der Waals surface area contributed by atoms with Crippen LogP contribution in [0.1, 0.15) is 32.6 Å². The van der Waals surface area contributed by atoms with Gasteiger partial charge in [0.1, 0.15) is 5.75 Å². The van der Waals surface area contributed by atoms with E-state index in [4.69, 9.17) is 4.74 Å². The lowest BCUT2D eigenvalue weighted by atomic mass is 9.93. The van der Waals surface area contributed by atoms with Crippen LogP contribution in [0.25, 0.3) is 0 Å². The van der Waals surface area contributed by atoms with Crippen molar-refractivity contribution < 1.29 is 18.3 Å². The average Bonchev–Trinajstić information content (AvgIpc) is 2.48. The Kier molecular flexibility index (Phi) is 5.24. The topological polar surface area (TPSA) is 66.8 Å². The fraction of sp³-hybridized carbons (Fsp3) is 0.600. The van der Waals surface area contributed by atoms with Gasteiger partial charge in [0.15, 0.2) is 0 Å². The summed E-state index contributed by atoms with van der Waals surface area (Å²) in [7, 11) is -2.04. The quantitative estimate of drug-likeness (QED) is 0.903. The first kappa shape index (κ1) is 16.3. The minimum atomic E-state index is -3.59. The van der Waals surface area contributed by atoms with Gasteiger partial charge in [-0.25, -0.2) is 8.42 Å². The van der Waals surface area contributed by atoms with Crippen LogP contribution in [0.4, 0.5) is 0 Å². The van der Waals surface area contributed by atoms with Crippen molar-refractivity contribution in [1.29, 1.82) is 0 Å². The maximum Gasteiger partial charge on any atom is 0.243 e. The Morgan fingerprint density at radius 1 is 1.24 bits per heavy atom. The lowest BCUT2D eigenvalue weighted by Gasteiger charge is -2.34. The van der Waals surface area contributed by atoms with Gasteiger partial charge in [0.2, 0.25) is 10.0 Å².